The summed E-state index contributed by atoms with van der Waals surface area (Å²) in [4.78, 5) is 6.89. The molecule has 0 unspecified atom stereocenters. The molecule has 4 heteroatoms. The summed E-state index contributed by atoms with van der Waals surface area (Å²) >= 11 is 6.28. The lowest BCUT2D eigenvalue weighted by molar-refractivity contribution is 0.548. The topological polar surface area (TPSA) is 28.2 Å². The highest BCUT2D eigenvalue weighted by molar-refractivity contribution is 6.31. The predicted molar refractivity (Wildman–Crippen MR) is 91.1 cm³/mol. The lowest BCUT2D eigenvalue weighted by Crippen LogP contribution is -2.32. The van der Waals surface area contributed by atoms with Gasteiger partial charge in [-0.1, -0.05) is 51.1 Å². The molecule has 0 bridgehead atoms. The first-order chi connectivity index (χ1) is 10.1. The Morgan fingerprint density at radius 2 is 1.95 bits per heavy atom. The van der Waals surface area contributed by atoms with Crippen molar-refractivity contribution in [2.24, 2.45) is 0 Å². The largest absolute Gasteiger partial charge is 0.357 e. The molecular formula is C17H28ClN3. The Kier molecular flexibility index (Phi) is 6.31. The summed E-state index contributed by atoms with van der Waals surface area (Å²) in [6, 6.07) is 3.21. The number of anilines is 1. The van der Waals surface area contributed by atoms with Crippen LogP contribution >= 0.6 is 11.6 Å². The molecule has 0 saturated heterocycles. The van der Waals surface area contributed by atoms with Gasteiger partial charge in [-0.2, -0.15) is 0 Å². The van der Waals surface area contributed by atoms with Crippen LogP contribution in [0.15, 0.2) is 12.3 Å². The van der Waals surface area contributed by atoms with Crippen LogP contribution in [0.5, 0.6) is 0 Å². The third kappa shape index (κ3) is 4.86. The summed E-state index contributed by atoms with van der Waals surface area (Å²) in [6.07, 6.45) is 9.78. The predicted octanol–water partition coefficient (Wildman–Crippen LogP) is 4.39. The summed E-state index contributed by atoms with van der Waals surface area (Å²) in [6.45, 7) is 5.09. The molecule has 0 atom stereocenters. The molecule has 0 spiro atoms. The zero-order chi connectivity index (χ0) is 15.2. The van der Waals surface area contributed by atoms with E-state index in [2.05, 4.69) is 42.2 Å². The van der Waals surface area contributed by atoms with Crippen molar-refractivity contribution in [2.45, 2.75) is 71.0 Å². The smallest absolute Gasteiger partial charge is 0.128 e. The van der Waals surface area contributed by atoms with E-state index in [4.69, 9.17) is 11.6 Å². The molecule has 0 radical (unpaired) electrons. The number of hydrogen-bond donors (Lipinski definition) is 1. The van der Waals surface area contributed by atoms with E-state index in [1.54, 1.807) is 6.20 Å². The van der Waals surface area contributed by atoms with Gasteiger partial charge in [0.15, 0.2) is 0 Å². The third-order valence-electron chi connectivity index (χ3n) is 4.35. The molecule has 0 amide bonds. The van der Waals surface area contributed by atoms with Crippen LogP contribution in [0, 0.1) is 0 Å². The van der Waals surface area contributed by atoms with Crippen molar-refractivity contribution < 1.29 is 0 Å². The third-order valence-corrected chi connectivity index (χ3v) is 4.70. The highest BCUT2D eigenvalue weighted by Gasteiger charge is 2.18. The van der Waals surface area contributed by atoms with Gasteiger partial charge >= 0.3 is 0 Å². The van der Waals surface area contributed by atoms with Crippen molar-refractivity contribution in [3.05, 3.63) is 22.8 Å². The molecule has 1 aromatic heterocycles. The summed E-state index contributed by atoms with van der Waals surface area (Å²) in [5.41, 5.74) is 1.14. The Hall–Kier alpha value is -0.800. The van der Waals surface area contributed by atoms with Gasteiger partial charge in [-0.05, 0) is 24.5 Å². The van der Waals surface area contributed by atoms with E-state index in [9.17, 15) is 0 Å². The second kappa shape index (κ2) is 8.00. The molecule has 0 aliphatic heterocycles. The first kappa shape index (κ1) is 16.6. The van der Waals surface area contributed by atoms with Gasteiger partial charge < -0.3 is 10.2 Å². The van der Waals surface area contributed by atoms with Crippen LogP contribution in [0.2, 0.25) is 5.02 Å². The van der Waals surface area contributed by atoms with Crippen LogP contribution in [-0.4, -0.2) is 24.1 Å². The average Bonchev–Trinajstić information content (AvgIpc) is 2.74. The van der Waals surface area contributed by atoms with Crippen molar-refractivity contribution in [3.8, 4) is 0 Å². The minimum atomic E-state index is 0.456. The van der Waals surface area contributed by atoms with Gasteiger partial charge in [-0.3, -0.25) is 0 Å². The molecular weight excluding hydrogens is 282 g/mol. The Morgan fingerprint density at radius 3 is 2.57 bits per heavy atom. The van der Waals surface area contributed by atoms with Crippen molar-refractivity contribution >= 4 is 17.4 Å². The normalized spacial score (nSPS) is 17.0. The minimum Gasteiger partial charge on any atom is -0.357 e. The highest BCUT2D eigenvalue weighted by atomic mass is 35.5. The van der Waals surface area contributed by atoms with E-state index >= 15 is 0 Å². The lowest BCUT2D eigenvalue weighted by Gasteiger charge is -2.28. The molecule has 1 fully saturated rings. The van der Waals surface area contributed by atoms with E-state index in [0.717, 1.165) is 22.9 Å². The van der Waals surface area contributed by atoms with Crippen LogP contribution < -0.4 is 10.2 Å². The van der Waals surface area contributed by atoms with Crippen molar-refractivity contribution in [2.75, 3.05) is 11.9 Å². The number of nitrogens with one attached hydrogen (secondary N) is 1. The quantitative estimate of drug-likeness (QED) is 0.818. The van der Waals surface area contributed by atoms with Crippen LogP contribution in [0.4, 0.5) is 5.82 Å². The van der Waals surface area contributed by atoms with Gasteiger partial charge in [0.2, 0.25) is 0 Å². The number of hydrogen-bond acceptors (Lipinski definition) is 3. The van der Waals surface area contributed by atoms with Gasteiger partial charge in [0.1, 0.15) is 5.82 Å². The number of pyridine rings is 1. The second-order valence-corrected chi connectivity index (χ2v) is 6.83. The number of aromatic nitrogens is 1. The molecule has 118 valence electrons. The van der Waals surface area contributed by atoms with Crippen molar-refractivity contribution in [3.63, 3.8) is 0 Å². The van der Waals surface area contributed by atoms with E-state index in [0.29, 0.717) is 12.1 Å². The summed E-state index contributed by atoms with van der Waals surface area (Å²) in [5.74, 6) is 1.05. The first-order valence-corrected chi connectivity index (χ1v) is 8.56. The maximum atomic E-state index is 6.28. The molecule has 1 N–H and O–H groups in total. The van der Waals surface area contributed by atoms with Crippen molar-refractivity contribution in [1.29, 1.82) is 0 Å². The molecule has 1 saturated carbocycles. The molecule has 21 heavy (non-hydrogen) atoms. The van der Waals surface area contributed by atoms with Gasteiger partial charge in [-0.15, -0.1) is 0 Å². The van der Waals surface area contributed by atoms with E-state index in [1.807, 2.05) is 0 Å². The lowest BCUT2D eigenvalue weighted by atomic mass is 10.1. The summed E-state index contributed by atoms with van der Waals surface area (Å²) in [7, 11) is 2.17. The molecule has 1 aliphatic carbocycles. The van der Waals surface area contributed by atoms with Crippen LogP contribution in [0.25, 0.3) is 0 Å². The summed E-state index contributed by atoms with van der Waals surface area (Å²) < 4.78 is 0. The maximum Gasteiger partial charge on any atom is 0.128 e. The molecule has 2 rings (SSSR count). The fourth-order valence-electron chi connectivity index (χ4n) is 2.94. The molecule has 0 aromatic carbocycles. The summed E-state index contributed by atoms with van der Waals surface area (Å²) in [5, 5.41) is 4.18. The first-order valence-electron chi connectivity index (χ1n) is 8.18. The highest BCUT2D eigenvalue weighted by Crippen LogP contribution is 2.26. The number of halogens is 1. The Morgan fingerprint density at radius 1 is 1.29 bits per heavy atom. The fourth-order valence-corrected chi connectivity index (χ4v) is 3.11. The molecule has 1 heterocycles. The van der Waals surface area contributed by atoms with Crippen molar-refractivity contribution in [1.82, 2.24) is 10.3 Å². The number of rotatable bonds is 5. The second-order valence-electron chi connectivity index (χ2n) is 6.43. The van der Waals surface area contributed by atoms with Crippen LogP contribution in [-0.2, 0) is 6.54 Å². The van der Waals surface area contributed by atoms with Gasteiger partial charge in [0.05, 0.1) is 5.02 Å². The van der Waals surface area contributed by atoms with E-state index in [1.165, 1.54) is 38.5 Å². The number of nitrogens with zero attached hydrogens (tertiary/aromatic N) is 2. The standard InChI is InChI=1S/C17H28ClN3/c1-13(2)19-11-14-10-17(20-12-16(14)18)21(3)15-8-6-4-5-7-9-15/h10,12-13,15,19H,4-9,11H2,1-3H3. The van der Waals surface area contributed by atoms with E-state index in [-0.39, 0.29) is 0 Å². The fraction of sp³-hybridized carbons (Fsp3) is 0.706. The maximum absolute atomic E-state index is 6.28. The van der Waals surface area contributed by atoms with Gasteiger partial charge in [-0.25, -0.2) is 4.98 Å². The van der Waals surface area contributed by atoms with Crippen LogP contribution in [0.3, 0.4) is 0 Å². The molecule has 1 aliphatic rings. The zero-order valence-electron chi connectivity index (χ0n) is 13.5. The average molecular weight is 310 g/mol. The van der Waals surface area contributed by atoms with Crippen LogP contribution in [0.1, 0.15) is 57.9 Å². The Bertz CT molecular complexity index is 440. The van der Waals surface area contributed by atoms with Gasteiger partial charge in [0.25, 0.3) is 0 Å². The zero-order valence-corrected chi connectivity index (χ0v) is 14.3. The monoisotopic (exact) mass is 309 g/mol. The van der Waals surface area contributed by atoms with Gasteiger partial charge in [0, 0.05) is 31.9 Å². The Labute approximate surface area is 134 Å². The Balaban J connectivity index is 2.09. The molecule has 1 aromatic rings. The van der Waals surface area contributed by atoms with E-state index < -0.39 is 0 Å². The molecule has 3 nitrogen and oxygen atoms in total. The minimum absolute atomic E-state index is 0.456. The SMILES string of the molecule is CC(C)NCc1cc(N(C)C2CCCCCC2)ncc1Cl.